The molecule has 0 spiro atoms. The van der Waals surface area contributed by atoms with Crippen molar-refractivity contribution < 1.29 is 5.11 Å². The number of nitrogens with one attached hydrogen (secondary N) is 1. The molecule has 0 aliphatic carbocycles. The third-order valence-corrected chi connectivity index (χ3v) is 6.40. The van der Waals surface area contributed by atoms with E-state index in [0.29, 0.717) is 0 Å². The zero-order chi connectivity index (χ0) is 18.5. The largest absolute Gasteiger partial charge is 0.508 e. The highest BCUT2D eigenvalue weighted by Gasteiger charge is 2.20. The number of aromatic amines is 1. The van der Waals surface area contributed by atoms with Crippen LogP contribution in [-0.4, -0.2) is 29.2 Å². The molecule has 0 unspecified atom stereocenters. The predicted octanol–water partition coefficient (Wildman–Crippen LogP) is 4.29. The van der Waals surface area contributed by atoms with Crippen LogP contribution in [0.3, 0.4) is 0 Å². The number of phenols is 1. The molecule has 0 amide bonds. The Bertz CT molecular complexity index is 1210. The van der Waals surface area contributed by atoms with E-state index < -0.39 is 0 Å². The second-order valence-corrected chi connectivity index (χ2v) is 8.13. The van der Waals surface area contributed by atoms with E-state index in [-0.39, 0.29) is 24.8 Å². The normalized spacial score (nSPS) is 16.6. The SMILES string of the molecule is C.N[C@H]1CCN(c2ccc3[nH]c(=O)c4sc(-c5ccc(O)cc5)cc4c3c2)C1. The van der Waals surface area contributed by atoms with Crippen molar-refractivity contribution in [2.24, 2.45) is 5.73 Å². The van der Waals surface area contributed by atoms with Gasteiger partial charge in [0.1, 0.15) is 10.4 Å². The molecule has 6 heteroatoms. The van der Waals surface area contributed by atoms with E-state index in [4.69, 9.17) is 5.73 Å². The Morgan fingerprint density at radius 1 is 1.11 bits per heavy atom. The third kappa shape index (κ3) is 3.04. The van der Waals surface area contributed by atoms with Gasteiger partial charge < -0.3 is 20.7 Å². The van der Waals surface area contributed by atoms with E-state index in [1.807, 2.05) is 18.2 Å². The fourth-order valence-corrected chi connectivity index (χ4v) is 4.86. The summed E-state index contributed by atoms with van der Waals surface area (Å²) in [4.78, 5) is 18.9. The van der Waals surface area contributed by atoms with Crippen LogP contribution >= 0.6 is 11.3 Å². The summed E-state index contributed by atoms with van der Waals surface area (Å²) in [6, 6.07) is 15.5. The number of H-pyrrole nitrogens is 1. The van der Waals surface area contributed by atoms with Crippen LogP contribution in [0.2, 0.25) is 0 Å². The molecule has 1 atom stereocenters. The van der Waals surface area contributed by atoms with Gasteiger partial charge in [-0.2, -0.15) is 0 Å². The quantitative estimate of drug-likeness (QED) is 0.474. The van der Waals surface area contributed by atoms with E-state index in [9.17, 15) is 9.90 Å². The number of nitrogens with zero attached hydrogens (tertiary/aromatic N) is 1. The first kappa shape index (κ1) is 18.5. The number of benzene rings is 2. The highest BCUT2D eigenvalue weighted by molar-refractivity contribution is 7.22. The Hall–Kier alpha value is -2.83. The molecule has 2 aromatic carbocycles. The first-order valence-electron chi connectivity index (χ1n) is 8.98. The molecular formula is C22H23N3O2S. The van der Waals surface area contributed by atoms with Crippen LogP contribution in [0.5, 0.6) is 5.75 Å². The third-order valence-electron chi connectivity index (χ3n) is 5.22. The van der Waals surface area contributed by atoms with Crippen molar-refractivity contribution in [3.05, 3.63) is 58.9 Å². The lowest BCUT2D eigenvalue weighted by Crippen LogP contribution is -2.26. The van der Waals surface area contributed by atoms with E-state index in [1.54, 1.807) is 12.1 Å². The first-order chi connectivity index (χ1) is 13.1. The maximum atomic E-state index is 12.6. The average Bonchev–Trinajstić information content (AvgIpc) is 3.29. The molecule has 4 N–H and O–H groups in total. The van der Waals surface area contributed by atoms with Gasteiger partial charge in [-0.3, -0.25) is 4.79 Å². The summed E-state index contributed by atoms with van der Waals surface area (Å²) >= 11 is 1.48. The summed E-state index contributed by atoms with van der Waals surface area (Å²) in [7, 11) is 0. The van der Waals surface area contributed by atoms with Crippen LogP contribution < -0.4 is 16.2 Å². The summed E-state index contributed by atoms with van der Waals surface area (Å²) < 4.78 is 0.723. The minimum atomic E-state index is -0.0662. The van der Waals surface area contributed by atoms with Crippen LogP contribution in [0.25, 0.3) is 31.4 Å². The molecule has 1 aliphatic heterocycles. The van der Waals surface area contributed by atoms with E-state index in [0.717, 1.165) is 56.6 Å². The fourth-order valence-electron chi connectivity index (χ4n) is 3.79. The molecule has 1 aliphatic rings. The van der Waals surface area contributed by atoms with Gasteiger partial charge in [0.2, 0.25) is 0 Å². The highest BCUT2D eigenvalue weighted by atomic mass is 32.1. The Labute approximate surface area is 167 Å². The lowest BCUT2D eigenvalue weighted by molar-refractivity contribution is 0.475. The Morgan fingerprint density at radius 3 is 2.61 bits per heavy atom. The molecule has 0 radical (unpaired) electrons. The zero-order valence-corrected chi connectivity index (χ0v) is 15.4. The zero-order valence-electron chi connectivity index (χ0n) is 14.6. The molecule has 2 aromatic heterocycles. The van der Waals surface area contributed by atoms with Crippen molar-refractivity contribution in [3.63, 3.8) is 0 Å². The smallest absolute Gasteiger partial charge is 0.266 e. The number of thiophene rings is 1. The van der Waals surface area contributed by atoms with Crippen LogP contribution in [0.1, 0.15) is 13.8 Å². The first-order valence-corrected chi connectivity index (χ1v) is 9.80. The monoisotopic (exact) mass is 393 g/mol. The van der Waals surface area contributed by atoms with Gasteiger partial charge in [-0.15, -0.1) is 11.3 Å². The number of aromatic hydroxyl groups is 1. The number of rotatable bonds is 2. The molecule has 3 heterocycles. The van der Waals surface area contributed by atoms with Gasteiger partial charge >= 0.3 is 0 Å². The van der Waals surface area contributed by atoms with Gasteiger partial charge in [0.15, 0.2) is 0 Å². The number of phenolic OH excluding ortho intramolecular Hbond substituents is 1. The number of nitrogens with two attached hydrogens (primary N) is 1. The summed E-state index contributed by atoms with van der Waals surface area (Å²) in [5, 5.41) is 11.5. The van der Waals surface area contributed by atoms with Crippen molar-refractivity contribution in [1.29, 1.82) is 0 Å². The Morgan fingerprint density at radius 2 is 1.89 bits per heavy atom. The van der Waals surface area contributed by atoms with Crippen molar-refractivity contribution in [2.75, 3.05) is 18.0 Å². The fraction of sp³-hybridized carbons (Fsp3) is 0.227. The highest BCUT2D eigenvalue weighted by Crippen LogP contribution is 2.36. The van der Waals surface area contributed by atoms with E-state index >= 15 is 0 Å². The number of anilines is 1. The van der Waals surface area contributed by atoms with Gasteiger partial charge in [-0.1, -0.05) is 7.43 Å². The summed E-state index contributed by atoms with van der Waals surface area (Å²) in [6.45, 7) is 1.82. The molecule has 1 saturated heterocycles. The summed E-state index contributed by atoms with van der Waals surface area (Å²) in [5.41, 5.74) is 8.96. The minimum Gasteiger partial charge on any atom is -0.508 e. The van der Waals surface area contributed by atoms with Crippen molar-refractivity contribution in [2.45, 2.75) is 19.9 Å². The number of aromatic nitrogens is 1. The maximum Gasteiger partial charge on any atom is 0.266 e. The van der Waals surface area contributed by atoms with Crippen molar-refractivity contribution in [1.82, 2.24) is 4.98 Å². The molecule has 5 nitrogen and oxygen atoms in total. The lowest BCUT2D eigenvalue weighted by atomic mass is 10.1. The number of pyridine rings is 1. The predicted molar refractivity (Wildman–Crippen MR) is 119 cm³/mol. The molecule has 1 fully saturated rings. The van der Waals surface area contributed by atoms with Crippen LogP contribution in [-0.2, 0) is 0 Å². The second kappa shape index (κ2) is 6.96. The minimum absolute atomic E-state index is 0. The molecular weight excluding hydrogens is 370 g/mol. The van der Waals surface area contributed by atoms with Gasteiger partial charge in [-0.25, -0.2) is 0 Å². The van der Waals surface area contributed by atoms with E-state index in [1.165, 1.54) is 11.3 Å². The topological polar surface area (TPSA) is 82.3 Å². The number of hydrogen-bond acceptors (Lipinski definition) is 5. The summed E-state index contributed by atoms with van der Waals surface area (Å²) in [5.74, 6) is 0.233. The molecule has 4 aromatic rings. The van der Waals surface area contributed by atoms with Crippen molar-refractivity contribution in [3.8, 4) is 16.2 Å². The second-order valence-electron chi connectivity index (χ2n) is 7.08. The number of hydrogen-bond donors (Lipinski definition) is 3. The van der Waals surface area contributed by atoms with Gasteiger partial charge in [0.05, 0.1) is 0 Å². The Kier molecular flexibility index (Phi) is 4.61. The average molecular weight is 394 g/mol. The number of fused-ring (bicyclic) bond motifs is 3. The molecule has 0 saturated carbocycles. The van der Waals surface area contributed by atoms with Gasteiger partial charge in [0.25, 0.3) is 5.56 Å². The summed E-state index contributed by atoms with van der Waals surface area (Å²) in [6.07, 6.45) is 1.00. The van der Waals surface area contributed by atoms with E-state index in [2.05, 4.69) is 28.1 Å². The molecule has 144 valence electrons. The Balaban J connectivity index is 0.00000192. The van der Waals surface area contributed by atoms with Crippen LogP contribution in [0.4, 0.5) is 5.69 Å². The maximum absolute atomic E-state index is 12.6. The van der Waals surface area contributed by atoms with Gasteiger partial charge in [-0.05, 0) is 60.5 Å². The van der Waals surface area contributed by atoms with Crippen LogP contribution in [0.15, 0.2) is 53.3 Å². The standard InChI is InChI=1S/C21H19N3O2S.CH4/c22-13-7-8-24(11-13)14-3-6-18-16(9-14)17-10-19(27-20(17)21(26)23-18)12-1-4-15(25)5-2-12;/h1-6,9-10,13,25H,7-8,11,22H2,(H,23,26);1H4/t13-;/m0./s1. The van der Waals surface area contributed by atoms with Gasteiger partial charge in [0, 0.05) is 46.0 Å². The van der Waals surface area contributed by atoms with Crippen LogP contribution in [0, 0.1) is 0 Å². The molecule has 0 bridgehead atoms. The molecule has 28 heavy (non-hydrogen) atoms. The van der Waals surface area contributed by atoms with Crippen molar-refractivity contribution >= 4 is 38.0 Å². The molecule has 5 rings (SSSR count). The lowest BCUT2D eigenvalue weighted by Gasteiger charge is -2.18.